The van der Waals surface area contributed by atoms with Gasteiger partial charge in [0.15, 0.2) is 0 Å². The van der Waals surface area contributed by atoms with Crippen LogP contribution < -0.4 is 10.5 Å². The topological polar surface area (TPSA) is 102 Å². The highest BCUT2D eigenvalue weighted by atomic mass is 32.2. The molecule has 0 aromatic carbocycles. The van der Waals surface area contributed by atoms with Gasteiger partial charge in [-0.25, -0.2) is 13.1 Å². The summed E-state index contributed by atoms with van der Waals surface area (Å²) in [7, 11) is -3.46. The Bertz CT molecular complexity index is 468. The first kappa shape index (κ1) is 16.7. The third-order valence-electron chi connectivity index (χ3n) is 4.41. The van der Waals surface area contributed by atoms with E-state index in [-0.39, 0.29) is 30.9 Å². The molecule has 0 spiro atoms. The van der Waals surface area contributed by atoms with E-state index in [0.29, 0.717) is 31.5 Å². The summed E-state index contributed by atoms with van der Waals surface area (Å²) in [4.78, 5) is 13.8. The van der Waals surface area contributed by atoms with Crippen LogP contribution in [0.3, 0.4) is 0 Å². The van der Waals surface area contributed by atoms with Gasteiger partial charge in [0.25, 0.3) is 0 Å². The van der Waals surface area contributed by atoms with Gasteiger partial charge in [-0.3, -0.25) is 4.79 Å². The molecule has 8 heteroatoms. The molecule has 122 valence electrons. The van der Waals surface area contributed by atoms with Crippen LogP contribution in [0, 0.1) is 11.8 Å². The summed E-state index contributed by atoms with van der Waals surface area (Å²) >= 11 is 0. The lowest BCUT2D eigenvalue weighted by Gasteiger charge is -2.19. The second-order valence-electron chi connectivity index (χ2n) is 5.80. The summed E-state index contributed by atoms with van der Waals surface area (Å²) in [5.74, 6) is 0.572. The van der Waals surface area contributed by atoms with Crippen LogP contribution in [-0.2, 0) is 19.6 Å². The first-order valence-electron chi connectivity index (χ1n) is 7.51. The first-order chi connectivity index (χ1) is 9.93. The predicted octanol–water partition coefficient (Wildman–Crippen LogP) is -0.862. The molecule has 2 rings (SSSR count). The highest BCUT2D eigenvalue weighted by Crippen LogP contribution is 2.36. The van der Waals surface area contributed by atoms with Gasteiger partial charge < -0.3 is 15.4 Å². The minimum atomic E-state index is -3.46. The molecule has 0 bridgehead atoms. The monoisotopic (exact) mass is 319 g/mol. The van der Waals surface area contributed by atoms with Crippen molar-refractivity contribution < 1.29 is 17.9 Å². The van der Waals surface area contributed by atoms with E-state index in [0.717, 1.165) is 12.8 Å². The SMILES string of the molecule is CCOCCS(=O)(=O)NCC(=O)N1CC2CCC(N)C2C1. The number of fused-ring (bicyclic) bond motifs is 1. The zero-order valence-electron chi connectivity index (χ0n) is 12.5. The van der Waals surface area contributed by atoms with Gasteiger partial charge in [0.2, 0.25) is 15.9 Å². The number of nitrogens with zero attached hydrogens (tertiary/aromatic N) is 1. The van der Waals surface area contributed by atoms with E-state index in [1.165, 1.54) is 0 Å². The number of hydrogen-bond acceptors (Lipinski definition) is 5. The lowest BCUT2D eigenvalue weighted by atomic mass is 9.98. The average Bonchev–Trinajstić information content (AvgIpc) is 2.99. The van der Waals surface area contributed by atoms with Crippen molar-refractivity contribution in [3.05, 3.63) is 0 Å². The number of carbonyl (C=O) groups excluding carboxylic acids is 1. The van der Waals surface area contributed by atoms with Gasteiger partial charge in [-0.15, -0.1) is 0 Å². The Morgan fingerprint density at radius 1 is 1.38 bits per heavy atom. The molecule has 1 aliphatic heterocycles. The van der Waals surface area contributed by atoms with Gasteiger partial charge in [-0.05, 0) is 31.6 Å². The Kier molecular flexibility index (Phi) is 5.59. The predicted molar refractivity (Wildman–Crippen MR) is 79.1 cm³/mol. The normalized spacial score (nSPS) is 28.9. The third-order valence-corrected chi connectivity index (χ3v) is 5.70. The van der Waals surface area contributed by atoms with Gasteiger partial charge in [-0.2, -0.15) is 0 Å². The molecule has 1 aliphatic carbocycles. The van der Waals surface area contributed by atoms with Crippen molar-refractivity contribution in [1.82, 2.24) is 9.62 Å². The standard InChI is InChI=1S/C13H25N3O4S/c1-2-20-5-6-21(18,19)15-7-13(17)16-8-10-3-4-12(14)11(10)9-16/h10-12,15H,2-9,14H2,1H3. The number of nitrogens with two attached hydrogens (primary N) is 1. The number of rotatable bonds is 7. The molecule has 0 aromatic rings. The Labute approximate surface area is 126 Å². The molecule has 21 heavy (non-hydrogen) atoms. The highest BCUT2D eigenvalue weighted by Gasteiger charge is 2.42. The number of hydrogen-bond donors (Lipinski definition) is 2. The largest absolute Gasteiger partial charge is 0.381 e. The fourth-order valence-corrected chi connectivity index (χ4v) is 4.00. The molecule has 1 saturated heterocycles. The van der Waals surface area contributed by atoms with Gasteiger partial charge in [0.05, 0.1) is 18.9 Å². The Morgan fingerprint density at radius 3 is 2.81 bits per heavy atom. The third kappa shape index (κ3) is 4.38. The summed E-state index contributed by atoms with van der Waals surface area (Å²) in [6, 6.07) is 0.177. The fraction of sp³-hybridized carbons (Fsp3) is 0.923. The summed E-state index contributed by atoms with van der Waals surface area (Å²) in [5.41, 5.74) is 6.03. The number of likely N-dealkylation sites (tertiary alicyclic amines) is 1. The van der Waals surface area contributed by atoms with Crippen LogP contribution in [0.15, 0.2) is 0 Å². The molecule has 2 fully saturated rings. The van der Waals surface area contributed by atoms with Gasteiger partial charge in [0, 0.05) is 25.7 Å². The smallest absolute Gasteiger partial charge is 0.237 e. The van der Waals surface area contributed by atoms with Crippen LogP contribution >= 0.6 is 0 Å². The van der Waals surface area contributed by atoms with E-state index in [1.54, 1.807) is 11.8 Å². The van der Waals surface area contributed by atoms with E-state index in [9.17, 15) is 13.2 Å². The molecule has 1 heterocycles. The fourth-order valence-electron chi connectivity index (χ4n) is 3.18. The molecular formula is C13H25N3O4S. The van der Waals surface area contributed by atoms with Crippen molar-refractivity contribution >= 4 is 15.9 Å². The highest BCUT2D eigenvalue weighted by molar-refractivity contribution is 7.89. The van der Waals surface area contributed by atoms with Crippen LogP contribution in [-0.4, -0.2) is 63.9 Å². The van der Waals surface area contributed by atoms with Crippen molar-refractivity contribution in [3.63, 3.8) is 0 Å². The van der Waals surface area contributed by atoms with Crippen LogP contribution in [0.1, 0.15) is 19.8 Å². The van der Waals surface area contributed by atoms with Crippen molar-refractivity contribution in [3.8, 4) is 0 Å². The second-order valence-corrected chi connectivity index (χ2v) is 7.73. The Hall–Kier alpha value is -0.700. The van der Waals surface area contributed by atoms with Crippen molar-refractivity contribution in [2.75, 3.05) is 38.6 Å². The van der Waals surface area contributed by atoms with Crippen LogP contribution in [0.4, 0.5) is 0 Å². The number of ether oxygens (including phenoxy) is 1. The summed E-state index contributed by atoms with van der Waals surface area (Å²) < 4.78 is 30.7. The first-order valence-corrected chi connectivity index (χ1v) is 9.16. The molecule has 2 aliphatic rings. The lowest BCUT2D eigenvalue weighted by molar-refractivity contribution is -0.129. The zero-order chi connectivity index (χ0) is 15.5. The molecular weight excluding hydrogens is 294 g/mol. The molecule has 1 amide bonds. The molecule has 7 nitrogen and oxygen atoms in total. The molecule has 0 aromatic heterocycles. The molecule has 1 saturated carbocycles. The Balaban J connectivity index is 1.75. The van der Waals surface area contributed by atoms with Crippen molar-refractivity contribution in [1.29, 1.82) is 0 Å². The molecule has 0 radical (unpaired) electrons. The zero-order valence-corrected chi connectivity index (χ0v) is 13.3. The van der Waals surface area contributed by atoms with E-state index < -0.39 is 10.0 Å². The summed E-state index contributed by atoms with van der Waals surface area (Å²) in [6.45, 7) is 3.61. The van der Waals surface area contributed by atoms with Gasteiger partial charge in [0.1, 0.15) is 0 Å². The van der Waals surface area contributed by atoms with Gasteiger partial charge in [-0.1, -0.05) is 0 Å². The quantitative estimate of drug-likeness (QED) is 0.595. The summed E-state index contributed by atoms with van der Waals surface area (Å²) in [5, 5.41) is 0. The minimum absolute atomic E-state index is 0.121. The minimum Gasteiger partial charge on any atom is -0.381 e. The van der Waals surface area contributed by atoms with Crippen molar-refractivity contribution in [2.24, 2.45) is 17.6 Å². The Morgan fingerprint density at radius 2 is 2.14 bits per heavy atom. The van der Waals surface area contributed by atoms with Gasteiger partial charge >= 0.3 is 0 Å². The van der Waals surface area contributed by atoms with E-state index in [1.807, 2.05) is 0 Å². The maximum absolute atomic E-state index is 12.1. The van der Waals surface area contributed by atoms with Crippen molar-refractivity contribution in [2.45, 2.75) is 25.8 Å². The number of amides is 1. The molecule has 3 atom stereocenters. The molecule has 3 N–H and O–H groups in total. The maximum Gasteiger partial charge on any atom is 0.237 e. The van der Waals surface area contributed by atoms with Crippen LogP contribution in [0.25, 0.3) is 0 Å². The maximum atomic E-state index is 12.1. The molecule has 3 unspecified atom stereocenters. The van der Waals surface area contributed by atoms with E-state index >= 15 is 0 Å². The summed E-state index contributed by atoms with van der Waals surface area (Å²) in [6.07, 6.45) is 2.09. The number of carbonyl (C=O) groups is 1. The van der Waals surface area contributed by atoms with Crippen LogP contribution in [0.5, 0.6) is 0 Å². The lowest BCUT2D eigenvalue weighted by Crippen LogP contribution is -2.41. The van der Waals surface area contributed by atoms with E-state index in [2.05, 4.69) is 4.72 Å². The number of sulfonamides is 1. The average molecular weight is 319 g/mol. The second kappa shape index (κ2) is 7.04. The van der Waals surface area contributed by atoms with E-state index in [4.69, 9.17) is 10.5 Å². The van der Waals surface area contributed by atoms with Crippen LogP contribution in [0.2, 0.25) is 0 Å². The number of nitrogens with one attached hydrogen (secondary N) is 1.